The molecule has 2 aromatic carbocycles. The standard InChI is InChI=1S/C22H22N2O4S2/c1-14-6-4-5-7-16(14)23-20(25)10-11-24-21(26)19(30-22(24)29)13-15-8-9-17(27-2)18(12-15)28-3/h4-9,12-13H,10-11H2,1-3H3,(H,23,25)/b19-13+. The number of methoxy groups -OCH3 is 2. The highest BCUT2D eigenvalue weighted by molar-refractivity contribution is 8.26. The zero-order valence-electron chi connectivity index (χ0n) is 16.9. The molecule has 0 saturated carbocycles. The highest BCUT2D eigenvalue weighted by Crippen LogP contribution is 2.34. The van der Waals surface area contributed by atoms with Gasteiger partial charge in [0.1, 0.15) is 4.32 Å². The van der Waals surface area contributed by atoms with Crippen molar-refractivity contribution in [2.24, 2.45) is 0 Å². The smallest absolute Gasteiger partial charge is 0.266 e. The maximum atomic E-state index is 12.8. The fourth-order valence-corrected chi connectivity index (χ4v) is 4.23. The number of ether oxygens (including phenoxy) is 2. The number of hydrogen-bond acceptors (Lipinski definition) is 6. The van der Waals surface area contributed by atoms with E-state index in [4.69, 9.17) is 21.7 Å². The lowest BCUT2D eigenvalue weighted by molar-refractivity contribution is -0.122. The van der Waals surface area contributed by atoms with Crippen LogP contribution in [-0.4, -0.2) is 41.8 Å². The van der Waals surface area contributed by atoms with E-state index < -0.39 is 0 Å². The van der Waals surface area contributed by atoms with Crippen molar-refractivity contribution in [3.8, 4) is 11.5 Å². The van der Waals surface area contributed by atoms with Crippen LogP contribution in [0.15, 0.2) is 47.4 Å². The van der Waals surface area contributed by atoms with Gasteiger partial charge in [-0.1, -0.05) is 48.2 Å². The number of nitrogens with zero attached hydrogens (tertiary/aromatic N) is 1. The lowest BCUT2D eigenvalue weighted by Crippen LogP contribution is -2.31. The first-order valence-electron chi connectivity index (χ1n) is 9.26. The van der Waals surface area contributed by atoms with Crippen LogP contribution in [0.1, 0.15) is 17.5 Å². The van der Waals surface area contributed by atoms with Crippen LogP contribution in [0.2, 0.25) is 0 Å². The van der Waals surface area contributed by atoms with Crippen molar-refractivity contribution in [2.75, 3.05) is 26.1 Å². The molecule has 2 aromatic rings. The van der Waals surface area contributed by atoms with E-state index in [0.29, 0.717) is 20.7 Å². The summed E-state index contributed by atoms with van der Waals surface area (Å²) in [6, 6.07) is 13.0. The first-order valence-corrected chi connectivity index (χ1v) is 10.5. The Morgan fingerprint density at radius 2 is 1.90 bits per heavy atom. The molecule has 2 amide bonds. The van der Waals surface area contributed by atoms with Gasteiger partial charge >= 0.3 is 0 Å². The Morgan fingerprint density at radius 1 is 1.17 bits per heavy atom. The number of thiocarbonyl (C=S) groups is 1. The van der Waals surface area contributed by atoms with Crippen molar-refractivity contribution in [1.29, 1.82) is 0 Å². The number of hydrogen-bond donors (Lipinski definition) is 1. The molecule has 1 aliphatic heterocycles. The Bertz CT molecular complexity index is 1020. The number of amides is 2. The number of rotatable bonds is 7. The number of thioether (sulfide) groups is 1. The van der Waals surface area contributed by atoms with Gasteiger partial charge in [0.05, 0.1) is 19.1 Å². The fraction of sp³-hybridized carbons (Fsp3) is 0.227. The number of nitrogens with one attached hydrogen (secondary N) is 1. The third-order valence-corrected chi connectivity index (χ3v) is 5.94. The van der Waals surface area contributed by atoms with E-state index >= 15 is 0 Å². The molecular formula is C22H22N2O4S2. The minimum atomic E-state index is -0.205. The largest absolute Gasteiger partial charge is 0.493 e. The lowest BCUT2D eigenvalue weighted by Gasteiger charge is -2.14. The molecule has 6 nitrogen and oxygen atoms in total. The van der Waals surface area contributed by atoms with Crippen molar-refractivity contribution in [3.63, 3.8) is 0 Å². The van der Waals surface area contributed by atoms with Crippen molar-refractivity contribution < 1.29 is 19.1 Å². The van der Waals surface area contributed by atoms with Gasteiger partial charge in [0.25, 0.3) is 5.91 Å². The maximum Gasteiger partial charge on any atom is 0.266 e. The highest BCUT2D eigenvalue weighted by Gasteiger charge is 2.32. The number of carbonyl (C=O) groups excluding carboxylic acids is 2. The Balaban J connectivity index is 1.65. The minimum absolute atomic E-state index is 0.157. The van der Waals surface area contributed by atoms with Gasteiger partial charge in [0, 0.05) is 18.7 Å². The molecule has 1 N–H and O–H groups in total. The molecule has 0 atom stereocenters. The minimum Gasteiger partial charge on any atom is -0.493 e. The highest BCUT2D eigenvalue weighted by atomic mass is 32.2. The summed E-state index contributed by atoms with van der Waals surface area (Å²) in [5.74, 6) is 0.821. The Morgan fingerprint density at radius 3 is 2.60 bits per heavy atom. The molecule has 30 heavy (non-hydrogen) atoms. The first kappa shape index (κ1) is 21.9. The summed E-state index contributed by atoms with van der Waals surface area (Å²) in [6.07, 6.45) is 1.92. The van der Waals surface area contributed by atoms with E-state index in [0.717, 1.165) is 16.8 Å². The second kappa shape index (κ2) is 9.77. The Hall–Kier alpha value is -2.84. The summed E-state index contributed by atoms with van der Waals surface area (Å²) in [7, 11) is 3.13. The molecule has 0 spiro atoms. The van der Waals surface area contributed by atoms with Gasteiger partial charge in [-0.25, -0.2) is 0 Å². The third kappa shape index (κ3) is 5.01. The van der Waals surface area contributed by atoms with Crippen LogP contribution in [0, 0.1) is 6.92 Å². The average Bonchev–Trinajstić information content (AvgIpc) is 3.00. The molecule has 0 bridgehead atoms. The summed E-state index contributed by atoms with van der Waals surface area (Å²) >= 11 is 6.58. The van der Waals surface area contributed by atoms with Crippen molar-refractivity contribution in [2.45, 2.75) is 13.3 Å². The van der Waals surface area contributed by atoms with Crippen molar-refractivity contribution >= 4 is 51.9 Å². The Kier molecular flexibility index (Phi) is 7.12. The van der Waals surface area contributed by atoms with Crippen LogP contribution < -0.4 is 14.8 Å². The van der Waals surface area contributed by atoms with Crippen molar-refractivity contribution in [3.05, 3.63) is 58.5 Å². The molecule has 0 aromatic heterocycles. The third-order valence-electron chi connectivity index (χ3n) is 4.56. The first-order chi connectivity index (χ1) is 14.4. The number of para-hydroxylation sites is 1. The average molecular weight is 443 g/mol. The molecule has 0 aliphatic carbocycles. The molecule has 156 valence electrons. The van der Waals surface area contributed by atoms with Crippen LogP contribution >= 0.6 is 24.0 Å². The van der Waals surface area contributed by atoms with E-state index in [9.17, 15) is 9.59 Å². The van der Waals surface area contributed by atoms with Gasteiger partial charge in [0.2, 0.25) is 5.91 Å². The normalized spacial score (nSPS) is 14.9. The van der Waals surface area contributed by atoms with Crippen LogP contribution in [0.4, 0.5) is 5.69 Å². The lowest BCUT2D eigenvalue weighted by atomic mass is 10.2. The number of benzene rings is 2. The maximum absolute atomic E-state index is 12.8. The predicted molar refractivity (Wildman–Crippen MR) is 124 cm³/mol. The van der Waals surface area contributed by atoms with E-state index in [1.807, 2.05) is 37.3 Å². The monoisotopic (exact) mass is 442 g/mol. The summed E-state index contributed by atoms with van der Waals surface area (Å²) < 4.78 is 11.0. The van der Waals surface area contributed by atoms with Crippen molar-refractivity contribution in [1.82, 2.24) is 4.90 Å². The van der Waals surface area contributed by atoms with E-state index in [1.165, 1.54) is 16.7 Å². The molecule has 1 aliphatic rings. The molecule has 0 unspecified atom stereocenters. The number of carbonyl (C=O) groups is 2. The number of anilines is 1. The molecule has 0 radical (unpaired) electrons. The van der Waals surface area contributed by atoms with Crippen LogP contribution in [0.3, 0.4) is 0 Å². The molecular weight excluding hydrogens is 420 g/mol. The van der Waals surface area contributed by atoms with E-state index in [-0.39, 0.29) is 24.8 Å². The molecule has 1 heterocycles. The second-order valence-corrected chi connectivity index (χ2v) is 8.24. The summed E-state index contributed by atoms with van der Waals surface area (Å²) in [6.45, 7) is 2.16. The summed E-state index contributed by atoms with van der Waals surface area (Å²) in [4.78, 5) is 27.1. The van der Waals surface area contributed by atoms with Gasteiger partial charge in [-0.15, -0.1) is 0 Å². The quantitative estimate of drug-likeness (QED) is 0.511. The zero-order chi connectivity index (χ0) is 21.7. The molecule has 1 fully saturated rings. The molecule has 3 rings (SSSR count). The second-order valence-electron chi connectivity index (χ2n) is 6.56. The van der Waals surface area contributed by atoms with E-state index in [1.54, 1.807) is 32.4 Å². The zero-order valence-corrected chi connectivity index (χ0v) is 18.6. The fourth-order valence-electron chi connectivity index (χ4n) is 2.93. The molecule has 8 heteroatoms. The van der Waals surface area contributed by atoms with Gasteiger partial charge in [-0.2, -0.15) is 0 Å². The number of aryl methyl sites for hydroxylation is 1. The molecule has 1 saturated heterocycles. The van der Waals surface area contributed by atoms with Crippen LogP contribution in [-0.2, 0) is 9.59 Å². The summed E-state index contributed by atoms with van der Waals surface area (Å²) in [5.41, 5.74) is 2.54. The van der Waals surface area contributed by atoms with Gasteiger partial charge in [-0.3, -0.25) is 14.5 Å². The van der Waals surface area contributed by atoms with E-state index in [2.05, 4.69) is 5.32 Å². The Labute approximate surface area is 185 Å². The SMILES string of the molecule is COc1ccc(/C=C2/SC(=S)N(CCC(=O)Nc3ccccc3C)C2=O)cc1OC. The van der Waals surface area contributed by atoms with Gasteiger partial charge in [-0.05, 0) is 42.3 Å². The van der Waals surface area contributed by atoms with Gasteiger partial charge in [0.15, 0.2) is 11.5 Å². The van der Waals surface area contributed by atoms with Gasteiger partial charge < -0.3 is 14.8 Å². The summed E-state index contributed by atoms with van der Waals surface area (Å²) in [5, 5.41) is 2.87. The topological polar surface area (TPSA) is 67.9 Å². The predicted octanol–water partition coefficient (Wildman–Crippen LogP) is 4.24. The van der Waals surface area contributed by atoms with Crippen LogP contribution in [0.25, 0.3) is 6.08 Å². The van der Waals surface area contributed by atoms with Crippen LogP contribution in [0.5, 0.6) is 11.5 Å².